The van der Waals surface area contributed by atoms with Crippen LogP contribution in [0.15, 0.2) is 18.2 Å². The molecule has 110 valence electrons. The average molecular weight is 288 g/mol. The van der Waals surface area contributed by atoms with E-state index in [2.05, 4.69) is 69.0 Å². The number of rotatable bonds is 2. The van der Waals surface area contributed by atoms with Crippen LogP contribution < -0.4 is 0 Å². The van der Waals surface area contributed by atoms with E-state index >= 15 is 0 Å². The summed E-state index contributed by atoms with van der Waals surface area (Å²) in [6.45, 7) is 14.1. The molecule has 0 aliphatic heterocycles. The molecular weight excluding hydrogens is 259 g/mol. The Bertz CT molecular complexity index is 547. The van der Waals surface area contributed by atoms with Gasteiger partial charge >= 0.3 is 0 Å². The van der Waals surface area contributed by atoms with E-state index in [0.29, 0.717) is 10.8 Å². The van der Waals surface area contributed by atoms with Gasteiger partial charge in [-0.1, -0.05) is 45.9 Å². The van der Waals surface area contributed by atoms with E-state index in [-0.39, 0.29) is 0 Å². The molecule has 0 aromatic heterocycles. The molecule has 0 spiro atoms. The summed E-state index contributed by atoms with van der Waals surface area (Å²) in [4.78, 5) is 0. The highest BCUT2D eigenvalue weighted by Gasteiger charge is 2.37. The Hall–Kier alpha value is -0.610. The van der Waals surface area contributed by atoms with Crippen LogP contribution in [0.5, 0.6) is 0 Å². The quantitative estimate of drug-likeness (QED) is 0.619. The van der Waals surface area contributed by atoms with E-state index in [9.17, 15) is 0 Å². The smallest absolute Gasteiger partial charge is 0.0100 e. The summed E-state index contributed by atoms with van der Waals surface area (Å²) in [7, 11) is 2.79. The lowest BCUT2D eigenvalue weighted by molar-refractivity contribution is 0.331. The summed E-state index contributed by atoms with van der Waals surface area (Å²) in [5.74, 6) is 0. The molecule has 0 saturated heterocycles. The van der Waals surface area contributed by atoms with E-state index in [4.69, 9.17) is 0 Å². The topological polar surface area (TPSA) is 0 Å². The van der Waals surface area contributed by atoms with Crippen LogP contribution in [-0.2, 0) is 10.8 Å². The highest BCUT2D eigenvalue weighted by Crippen LogP contribution is 2.47. The summed E-state index contributed by atoms with van der Waals surface area (Å²) in [6.07, 6.45) is 5.89. The fourth-order valence-corrected chi connectivity index (χ4v) is 3.79. The Balaban J connectivity index is 2.67. The fourth-order valence-electron chi connectivity index (χ4n) is 3.43. The van der Waals surface area contributed by atoms with Crippen molar-refractivity contribution in [1.82, 2.24) is 0 Å². The third-order valence-corrected chi connectivity index (χ3v) is 5.28. The molecule has 1 unspecified atom stereocenters. The van der Waals surface area contributed by atoms with Crippen LogP contribution in [0.1, 0.15) is 69.7 Å². The zero-order chi connectivity index (χ0) is 15.1. The van der Waals surface area contributed by atoms with Crippen molar-refractivity contribution >= 4 is 14.8 Å². The van der Waals surface area contributed by atoms with Crippen molar-refractivity contribution in [2.75, 3.05) is 6.16 Å². The zero-order valence-corrected chi connectivity index (χ0v) is 15.1. The van der Waals surface area contributed by atoms with Crippen molar-refractivity contribution in [2.45, 2.75) is 65.2 Å². The van der Waals surface area contributed by atoms with E-state index in [1.54, 1.807) is 11.1 Å². The predicted molar refractivity (Wildman–Crippen MR) is 94.7 cm³/mol. The van der Waals surface area contributed by atoms with Crippen LogP contribution in [0.25, 0.3) is 5.57 Å². The molecule has 0 radical (unpaired) electrons. The molecule has 1 aliphatic rings. The Morgan fingerprint density at radius 2 is 1.60 bits per heavy atom. The van der Waals surface area contributed by atoms with Crippen LogP contribution >= 0.6 is 9.24 Å². The summed E-state index contributed by atoms with van der Waals surface area (Å²) in [5.41, 5.74) is 7.98. The Kier molecular flexibility index (Phi) is 4.18. The van der Waals surface area contributed by atoms with Crippen LogP contribution in [0.2, 0.25) is 0 Å². The Morgan fingerprint density at radius 3 is 2.10 bits per heavy atom. The summed E-state index contributed by atoms with van der Waals surface area (Å²) >= 11 is 0. The minimum absolute atomic E-state index is 0.300. The SMILES string of the molecule is CC(=CCP)c1cc2c(cc1C)C(C)(C)CCC2(C)C. The number of hydrogen-bond acceptors (Lipinski definition) is 0. The van der Waals surface area contributed by atoms with Crippen molar-refractivity contribution in [1.29, 1.82) is 0 Å². The molecule has 2 rings (SSSR count). The van der Waals surface area contributed by atoms with Crippen molar-refractivity contribution in [3.05, 3.63) is 40.5 Å². The maximum Gasteiger partial charge on any atom is -0.0100 e. The van der Waals surface area contributed by atoms with Gasteiger partial charge in [-0.3, -0.25) is 0 Å². The van der Waals surface area contributed by atoms with E-state index in [1.807, 2.05) is 0 Å². The van der Waals surface area contributed by atoms with E-state index in [1.165, 1.54) is 29.5 Å². The summed E-state index contributed by atoms with van der Waals surface area (Å²) in [5, 5.41) is 0. The molecule has 1 heteroatoms. The first-order chi connectivity index (χ1) is 9.19. The fraction of sp³-hybridized carbons (Fsp3) is 0.579. The zero-order valence-electron chi connectivity index (χ0n) is 13.9. The van der Waals surface area contributed by atoms with Gasteiger partial charge in [-0.15, -0.1) is 9.24 Å². The lowest BCUT2D eigenvalue weighted by Crippen LogP contribution is -2.34. The molecule has 1 aliphatic carbocycles. The van der Waals surface area contributed by atoms with Crippen LogP contribution in [0, 0.1) is 6.92 Å². The maximum atomic E-state index is 2.79. The first-order valence-electron chi connectivity index (χ1n) is 7.72. The van der Waals surface area contributed by atoms with Crippen molar-refractivity contribution in [3.63, 3.8) is 0 Å². The van der Waals surface area contributed by atoms with Crippen LogP contribution in [-0.4, -0.2) is 6.16 Å². The first kappa shape index (κ1) is 15.8. The van der Waals surface area contributed by atoms with Crippen molar-refractivity contribution < 1.29 is 0 Å². The molecule has 0 nitrogen and oxygen atoms in total. The van der Waals surface area contributed by atoms with Gasteiger partial charge in [0.05, 0.1) is 0 Å². The van der Waals surface area contributed by atoms with Crippen LogP contribution in [0.3, 0.4) is 0 Å². The second kappa shape index (κ2) is 5.30. The summed E-state index contributed by atoms with van der Waals surface area (Å²) < 4.78 is 0. The molecule has 20 heavy (non-hydrogen) atoms. The molecule has 0 saturated carbocycles. The average Bonchev–Trinajstić information content (AvgIpc) is 2.35. The molecule has 0 amide bonds. The predicted octanol–water partition coefficient (Wildman–Crippen LogP) is 5.62. The minimum atomic E-state index is 0.300. The number of allylic oxidation sites excluding steroid dienone is 2. The van der Waals surface area contributed by atoms with Gasteiger partial charge in [0.2, 0.25) is 0 Å². The second-order valence-electron chi connectivity index (χ2n) is 7.60. The van der Waals surface area contributed by atoms with Crippen LogP contribution in [0.4, 0.5) is 0 Å². The molecule has 0 fully saturated rings. The monoisotopic (exact) mass is 288 g/mol. The Labute approximate surface area is 127 Å². The third kappa shape index (κ3) is 2.73. The minimum Gasteiger partial charge on any atom is -0.134 e. The van der Waals surface area contributed by atoms with E-state index in [0.717, 1.165) is 6.16 Å². The standard InChI is InChI=1S/C19H29P/c1-13(7-10-20)15-12-17-16(11-14(15)2)18(3,4)8-9-19(17,5)6/h7,11-12H,8-10,20H2,1-6H3. The Morgan fingerprint density at radius 1 is 1.10 bits per heavy atom. The molecule has 1 aromatic rings. The maximum absolute atomic E-state index is 2.79. The number of aryl methyl sites for hydroxylation is 1. The van der Waals surface area contributed by atoms with Gasteiger partial charge in [0.15, 0.2) is 0 Å². The molecule has 1 aromatic carbocycles. The van der Waals surface area contributed by atoms with E-state index < -0.39 is 0 Å². The molecule has 0 heterocycles. The highest BCUT2D eigenvalue weighted by atomic mass is 31.0. The molecule has 0 bridgehead atoms. The van der Waals surface area contributed by atoms with Gasteiger partial charge in [-0.05, 0) is 71.5 Å². The second-order valence-corrected chi connectivity index (χ2v) is 8.07. The summed E-state index contributed by atoms with van der Waals surface area (Å²) in [6, 6.07) is 4.92. The lowest BCUT2D eigenvalue weighted by Gasteiger charge is -2.42. The normalized spacial score (nSPS) is 20.6. The van der Waals surface area contributed by atoms with Gasteiger partial charge < -0.3 is 0 Å². The van der Waals surface area contributed by atoms with Gasteiger partial charge in [0.1, 0.15) is 0 Å². The van der Waals surface area contributed by atoms with Crippen molar-refractivity contribution in [2.24, 2.45) is 0 Å². The third-order valence-electron chi connectivity index (χ3n) is 5.05. The molecule has 0 N–H and O–H groups in total. The molecular formula is C19H29P. The van der Waals surface area contributed by atoms with Gasteiger partial charge in [-0.2, -0.15) is 0 Å². The first-order valence-corrected chi connectivity index (χ1v) is 8.53. The van der Waals surface area contributed by atoms with Gasteiger partial charge in [0, 0.05) is 0 Å². The van der Waals surface area contributed by atoms with Crippen molar-refractivity contribution in [3.8, 4) is 0 Å². The lowest BCUT2D eigenvalue weighted by atomic mass is 9.62. The number of fused-ring (bicyclic) bond motifs is 1. The number of benzene rings is 1. The van der Waals surface area contributed by atoms with Gasteiger partial charge in [0.25, 0.3) is 0 Å². The largest absolute Gasteiger partial charge is 0.134 e. The number of hydrogen-bond donors (Lipinski definition) is 0. The molecule has 1 atom stereocenters. The highest BCUT2D eigenvalue weighted by molar-refractivity contribution is 7.16. The van der Waals surface area contributed by atoms with Gasteiger partial charge in [-0.25, -0.2) is 0 Å².